The molecule has 0 aromatic carbocycles. The number of thioether (sulfide) groups is 1. The van der Waals surface area contributed by atoms with Crippen LogP contribution in [0.1, 0.15) is 46.0 Å². The topological polar surface area (TPSA) is 131 Å². The van der Waals surface area contributed by atoms with E-state index >= 15 is 0 Å². The minimum Gasteiger partial charge on any atom is -0.412 e. The lowest BCUT2D eigenvalue weighted by molar-refractivity contribution is -0.360. The third kappa shape index (κ3) is 112. The first kappa shape index (κ1) is 40.3. The highest BCUT2D eigenvalue weighted by Crippen LogP contribution is 2.04. The number of unbranched alkanes of at least 4 members (excludes halogenated alkanes) is 3. The van der Waals surface area contributed by atoms with Gasteiger partial charge in [0, 0.05) is 37.5 Å². The maximum atomic E-state index is 7.00. The van der Waals surface area contributed by atoms with E-state index < -0.39 is 0 Å². The van der Waals surface area contributed by atoms with E-state index in [9.17, 15) is 0 Å². The van der Waals surface area contributed by atoms with Gasteiger partial charge in [0.15, 0.2) is 0 Å². The Morgan fingerprint density at radius 2 is 1.48 bits per heavy atom. The maximum Gasteiger partial charge on any atom is 0.0829 e. The zero-order valence-electron chi connectivity index (χ0n) is 16.9. The van der Waals surface area contributed by atoms with Gasteiger partial charge in [-0.25, -0.2) is 0 Å². The van der Waals surface area contributed by atoms with Crippen LogP contribution in [-0.4, -0.2) is 60.3 Å². The van der Waals surface area contributed by atoms with Crippen LogP contribution in [0, 0.1) is 0 Å². The molecule has 0 aliphatic rings. The molecule has 25 heavy (non-hydrogen) atoms. The molecule has 0 aliphatic heterocycles. The normalized spacial score (nSPS) is 7.72. The summed E-state index contributed by atoms with van der Waals surface area (Å²) in [5.74, 6) is 4.12. The fourth-order valence-corrected chi connectivity index (χ4v) is 1.62. The molecule has 0 rings (SSSR count). The molecule has 0 radical (unpaired) electrons. The van der Waals surface area contributed by atoms with Crippen molar-refractivity contribution in [2.24, 2.45) is 11.5 Å². The van der Waals surface area contributed by atoms with Crippen LogP contribution >= 0.6 is 37.0 Å². The highest BCUT2D eigenvalue weighted by atomic mass is 32.2. The van der Waals surface area contributed by atoms with Crippen molar-refractivity contribution < 1.29 is 16.3 Å². The molecular weight excluding hydrogens is 374 g/mol. The third-order valence-electron chi connectivity index (χ3n) is 1.93. The summed E-state index contributed by atoms with van der Waals surface area (Å²) >= 11 is 9.62. The molecule has 0 unspecified atom stereocenters. The van der Waals surface area contributed by atoms with Crippen LogP contribution in [0.15, 0.2) is 12.7 Å². The van der Waals surface area contributed by atoms with Crippen LogP contribution in [0.3, 0.4) is 0 Å². The van der Waals surface area contributed by atoms with Crippen LogP contribution in [0.2, 0.25) is 0 Å². The van der Waals surface area contributed by atoms with Crippen LogP contribution in [0.4, 0.5) is 0 Å². The second-order valence-electron chi connectivity index (χ2n) is 4.27. The monoisotopic (exact) mass is 422 g/mol. The van der Waals surface area contributed by atoms with Crippen LogP contribution < -0.4 is 17.2 Å². The Morgan fingerprint density at radius 3 is 1.68 bits per heavy atom. The Labute approximate surface area is 173 Å². The number of rotatable bonds is 10. The fraction of sp³-hybridized carbons (Fsp3) is 0.882. The lowest BCUT2D eigenvalue weighted by atomic mass is 10.3. The predicted molar refractivity (Wildman–Crippen MR) is 127 cm³/mol. The lowest BCUT2D eigenvalue weighted by Gasteiger charge is -1.96. The maximum absolute atomic E-state index is 7.00. The Kier molecular flexibility index (Phi) is 104. The Hall–Kier alpha value is 0.590. The lowest BCUT2D eigenvalue weighted by Crippen LogP contribution is -2.51. The van der Waals surface area contributed by atoms with Crippen LogP contribution in [0.25, 0.3) is 0 Å². The van der Waals surface area contributed by atoms with Crippen LogP contribution in [0.5, 0.6) is 0 Å². The standard InChI is InChI=1S/C7H17NS.C5H10.2C2H7NS.CH4O.H2O/c1-2-3-4-6-9-7-5-8;1-3-5-4-2;2*3-1-2-4;1-2;/h2-8H2,1H3;3H,1,4-5H2,2H3;2*4H,1-3H2;2H,1H3;1H2/p+1. The fourth-order valence-electron chi connectivity index (χ4n) is 0.844. The van der Waals surface area contributed by atoms with Crippen molar-refractivity contribution in [2.45, 2.75) is 46.0 Å². The number of quaternary nitrogens is 1. The molecular formula is C17H48N3O2S3+. The number of hydrogen-bond donors (Lipinski definition) is 6. The summed E-state index contributed by atoms with van der Waals surface area (Å²) in [5.41, 5.74) is 13.8. The molecule has 0 saturated carbocycles. The molecule has 10 N–H and O–H groups in total. The van der Waals surface area contributed by atoms with Crippen LogP contribution in [-0.2, 0) is 0 Å². The summed E-state index contributed by atoms with van der Waals surface area (Å²) in [5, 5.41) is 7.00. The van der Waals surface area contributed by atoms with E-state index in [1.54, 1.807) is 0 Å². The number of thiol groups is 2. The Morgan fingerprint density at radius 1 is 1.00 bits per heavy atom. The van der Waals surface area contributed by atoms with Crippen molar-refractivity contribution in [1.82, 2.24) is 0 Å². The molecule has 0 atom stereocenters. The van der Waals surface area contributed by atoms with E-state index in [2.05, 4.69) is 51.4 Å². The first-order chi connectivity index (χ1) is 11.7. The summed E-state index contributed by atoms with van der Waals surface area (Å²) in [6.07, 6.45) is 8.37. The molecule has 0 aromatic heterocycles. The SMILES string of the molecule is C=CCCC.CCCCCSCCN.CO.NCCS.O.[NH3+]CCS. The van der Waals surface area contributed by atoms with Gasteiger partial charge in [0.25, 0.3) is 0 Å². The average Bonchev–Trinajstić information content (AvgIpc) is 2.65. The van der Waals surface area contributed by atoms with Gasteiger partial charge in [0.05, 0.1) is 6.54 Å². The number of aliphatic hydroxyl groups excluding tert-OH is 1. The molecule has 0 heterocycles. The molecule has 0 aromatic rings. The largest absolute Gasteiger partial charge is 0.412 e. The van der Waals surface area contributed by atoms with Gasteiger partial charge in [0.2, 0.25) is 0 Å². The summed E-state index contributed by atoms with van der Waals surface area (Å²) in [6, 6.07) is 0. The van der Waals surface area contributed by atoms with Gasteiger partial charge in [-0.15, -0.1) is 6.58 Å². The molecule has 0 saturated heterocycles. The molecule has 5 nitrogen and oxygen atoms in total. The zero-order chi connectivity index (χ0) is 19.9. The summed E-state index contributed by atoms with van der Waals surface area (Å²) in [7, 11) is 1.00. The number of aliphatic hydroxyl groups is 1. The van der Waals surface area contributed by atoms with Gasteiger partial charge < -0.3 is 27.8 Å². The third-order valence-corrected chi connectivity index (χ3v) is 3.61. The number of nitrogens with two attached hydrogens (primary N) is 2. The van der Waals surface area contributed by atoms with E-state index in [1.807, 2.05) is 17.8 Å². The first-order valence-corrected chi connectivity index (χ1v) is 11.1. The van der Waals surface area contributed by atoms with E-state index in [-0.39, 0.29) is 5.48 Å². The van der Waals surface area contributed by atoms with E-state index in [0.717, 1.165) is 43.9 Å². The molecule has 0 aliphatic carbocycles. The Balaban J connectivity index is -0.0000000489. The second-order valence-corrected chi connectivity index (χ2v) is 6.39. The minimum absolute atomic E-state index is 0. The van der Waals surface area contributed by atoms with Gasteiger partial charge in [-0.2, -0.15) is 37.0 Å². The zero-order valence-corrected chi connectivity index (χ0v) is 19.5. The van der Waals surface area contributed by atoms with Crippen molar-refractivity contribution in [3.8, 4) is 0 Å². The van der Waals surface area contributed by atoms with Gasteiger partial charge >= 0.3 is 0 Å². The Bertz CT molecular complexity index is 147. The van der Waals surface area contributed by atoms with Crippen molar-refractivity contribution in [1.29, 1.82) is 0 Å². The number of hydrogen-bond acceptors (Lipinski definition) is 6. The minimum atomic E-state index is 0. The number of allylic oxidation sites excluding steroid dienone is 1. The molecule has 0 fully saturated rings. The molecule has 0 spiro atoms. The van der Waals surface area contributed by atoms with E-state index in [0.29, 0.717) is 6.54 Å². The van der Waals surface area contributed by atoms with Crippen molar-refractivity contribution in [2.75, 3.05) is 49.8 Å². The van der Waals surface area contributed by atoms with Gasteiger partial charge in [-0.1, -0.05) is 39.2 Å². The van der Waals surface area contributed by atoms with Gasteiger partial charge in [0.1, 0.15) is 0 Å². The predicted octanol–water partition coefficient (Wildman–Crippen LogP) is 1.66. The van der Waals surface area contributed by atoms with Gasteiger partial charge in [-0.05, 0) is 18.6 Å². The van der Waals surface area contributed by atoms with Crippen molar-refractivity contribution in [3.05, 3.63) is 12.7 Å². The molecule has 8 heteroatoms. The molecule has 0 amide bonds. The van der Waals surface area contributed by atoms with Crippen molar-refractivity contribution >= 4 is 37.0 Å². The smallest absolute Gasteiger partial charge is 0.0829 e. The highest BCUT2D eigenvalue weighted by molar-refractivity contribution is 7.99. The summed E-state index contributed by atoms with van der Waals surface area (Å²) < 4.78 is 0. The molecule has 0 bridgehead atoms. The van der Waals surface area contributed by atoms with Gasteiger partial charge in [-0.3, -0.25) is 0 Å². The average molecular weight is 423 g/mol. The van der Waals surface area contributed by atoms with E-state index in [1.165, 1.54) is 31.4 Å². The quantitative estimate of drug-likeness (QED) is 0.181. The molecule has 160 valence electrons. The van der Waals surface area contributed by atoms with E-state index in [4.69, 9.17) is 16.6 Å². The second kappa shape index (κ2) is 64.3. The van der Waals surface area contributed by atoms with Crippen molar-refractivity contribution in [3.63, 3.8) is 0 Å². The first-order valence-electron chi connectivity index (χ1n) is 8.70. The summed E-state index contributed by atoms with van der Waals surface area (Å²) in [4.78, 5) is 0. The summed E-state index contributed by atoms with van der Waals surface area (Å²) in [6.45, 7) is 10.4. The highest BCUT2D eigenvalue weighted by Gasteiger charge is 1.85.